The van der Waals surface area contributed by atoms with E-state index in [1.807, 2.05) is 60.7 Å². The van der Waals surface area contributed by atoms with Crippen LogP contribution in [0.25, 0.3) is 11.3 Å². The molecule has 0 aliphatic rings. The van der Waals surface area contributed by atoms with Crippen LogP contribution in [0.15, 0.2) is 91.1 Å². The topological polar surface area (TPSA) is 105 Å². The van der Waals surface area contributed by atoms with Gasteiger partial charge in [-0.2, -0.15) is 0 Å². The summed E-state index contributed by atoms with van der Waals surface area (Å²) in [6.45, 7) is 2.23. The number of hydrogen-bond acceptors (Lipinski definition) is 6. The highest BCUT2D eigenvalue weighted by molar-refractivity contribution is 5.95. The Kier molecular flexibility index (Phi) is 7.65. The van der Waals surface area contributed by atoms with Crippen molar-refractivity contribution in [3.05, 3.63) is 96.7 Å². The molecule has 0 saturated heterocycles. The maximum atomic E-state index is 12.5. The molecule has 1 heterocycles. The van der Waals surface area contributed by atoms with Crippen LogP contribution in [0.1, 0.15) is 17.3 Å². The molecular formula is C27H25N5O3. The van der Waals surface area contributed by atoms with E-state index in [2.05, 4.69) is 25.9 Å². The van der Waals surface area contributed by atoms with Crippen LogP contribution in [-0.2, 0) is 4.79 Å². The SMILES string of the molecule is CC(=O)Nc1ccc(-c2ccnc(Nc3cccc(C(=O)NCCOc4ccccc4)c3)n2)cc1. The van der Waals surface area contributed by atoms with Crippen molar-refractivity contribution in [3.63, 3.8) is 0 Å². The lowest BCUT2D eigenvalue weighted by Gasteiger charge is -2.10. The number of anilines is 3. The van der Waals surface area contributed by atoms with Crippen LogP contribution in [0, 0.1) is 0 Å². The predicted octanol–water partition coefficient (Wildman–Crippen LogP) is 4.65. The molecule has 0 radical (unpaired) electrons. The molecule has 3 aromatic carbocycles. The molecule has 3 N–H and O–H groups in total. The van der Waals surface area contributed by atoms with Gasteiger partial charge in [0.1, 0.15) is 12.4 Å². The van der Waals surface area contributed by atoms with Gasteiger partial charge < -0.3 is 20.7 Å². The molecule has 35 heavy (non-hydrogen) atoms. The summed E-state index contributed by atoms with van der Waals surface area (Å²) in [5, 5.41) is 8.75. The van der Waals surface area contributed by atoms with Crippen LogP contribution in [0.3, 0.4) is 0 Å². The lowest BCUT2D eigenvalue weighted by Crippen LogP contribution is -2.28. The second kappa shape index (κ2) is 11.4. The van der Waals surface area contributed by atoms with E-state index in [-0.39, 0.29) is 11.8 Å². The van der Waals surface area contributed by atoms with E-state index in [1.165, 1.54) is 6.92 Å². The highest BCUT2D eigenvalue weighted by Crippen LogP contribution is 2.22. The zero-order chi connectivity index (χ0) is 24.5. The Balaban J connectivity index is 1.35. The van der Waals surface area contributed by atoms with Crippen molar-refractivity contribution >= 4 is 29.1 Å². The molecule has 4 rings (SSSR count). The van der Waals surface area contributed by atoms with Crippen molar-refractivity contribution in [2.45, 2.75) is 6.92 Å². The Hall–Kier alpha value is -4.72. The summed E-state index contributed by atoms with van der Waals surface area (Å²) in [6.07, 6.45) is 1.66. The van der Waals surface area contributed by atoms with Crippen LogP contribution >= 0.6 is 0 Å². The molecule has 0 saturated carbocycles. The van der Waals surface area contributed by atoms with E-state index in [0.29, 0.717) is 30.4 Å². The number of para-hydroxylation sites is 1. The Labute approximate surface area is 203 Å². The Bertz CT molecular complexity index is 1290. The number of hydrogen-bond donors (Lipinski definition) is 3. The van der Waals surface area contributed by atoms with Gasteiger partial charge in [-0.3, -0.25) is 9.59 Å². The van der Waals surface area contributed by atoms with E-state index in [9.17, 15) is 9.59 Å². The van der Waals surface area contributed by atoms with E-state index >= 15 is 0 Å². The van der Waals surface area contributed by atoms with Crippen LogP contribution in [-0.4, -0.2) is 34.9 Å². The highest BCUT2D eigenvalue weighted by atomic mass is 16.5. The third-order valence-corrected chi connectivity index (χ3v) is 4.94. The fourth-order valence-corrected chi connectivity index (χ4v) is 3.33. The molecule has 0 aliphatic carbocycles. The molecule has 0 unspecified atom stereocenters. The molecule has 4 aromatic rings. The Morgan fingerprint density at radius 1 is 0.886 bits per heavy atom. The molecule has 2 amide bonds. The first kappa shape index (κ1) is 23.4. The van der Waals surface area contributed by atoms with E-state index < -0.39 is 0 Å². The van der Waals surface area contributed by atoms with Gasteiger partial charge in [0.15, 0.2) is 0 Å². The van der Waals surface area contributed by atoms with Gasteiger partial charge in [0, 0.05) is 35.6 Å². The van der Waals surface area contributed by atoms with Gasteiger partial charge in [-0.05, 0) is 48.5 Å². The Morgan fingerprint density at radius 3 is 2.46 bits per heavy atom. The molecule has 0 atom stereocenters. The molecule has 0 fully saturated rings. The maximum Gasteiger partial charge on any atom is 0.251 e. The molecule has 0 spiro atoms. The number of carbonyl (C=O) groups excluding carboxylic acids is 2. The molecule has 0 bridgehead atoms. The summed E-state index contributed by atoms with van der Waals surface area (Å²) in [4.78, 5) is 32.6. The molecule has 1 aromatic heterocycles. The second-order valence-electron chi connectivity index (χ2n) is 7.65. The van der Waals surface area contributed by atoms with Crippen molar-refractivity contribution in [1.82, 2.24) is 15.3 Å². The second-order valence-corrected chi connectivity index (χ2v) is 7.65. The van der Waals surface area contributed by atoms with Gasteiger partial charge in [-0.15, -0.1) is 0 Å². The average Bonchev–Trinajstić information content (AvgIpc) is 2.87. The Morgan fingerprint density at radius 2 is 1.69 bits per heavy atom. The number of benzene rings is 3. The zero-order valence-electron chi connectivity index (χ0n) is 19.2. The summed E-state index contributed by atoms with van der Waals surface area (Å²) in [5.41, 5.74) is 3.53. The average molecular weight is 468 g/mol. The van der Waals surface area contributed by atoms with Crippen LogP contribution < -0.4 is 20.7 Å². The number of amides is 2. The lowest BCUT2D eigenvalue weighted by atomic mass is 10.1. The zero-order valence-corrected chi connectivity index (χ0v) is 19.2. The highest BCUT2D eigenvalue weighted by Gasteiger charge is 2.08. The van der Waals surface area contributed by atoms with Crippen LogP contribution in [0.2, 0.25) is 0 Å². The standard InChI is InChI=1S/C27H25N5O3/c1-19(33)30-22-12-10-20(11-13-22)25-14-15-29-27(32-25)31-23-7-5-6-21(18-23)26(34)28-16-17-35-24-8-3-2-4-9-24/h2-15,18H,16-17H2,1H3,(H,28,34)(H,30,33)(H,29,31,32). The summed E-state index contributed by atoms with van der Waals surface area (Å²) in [7, 11) is 0. The first-order valence-corrected chi connectivity index (χ1v) is 11.1. The number of carbonyl (C=O) groups is 2. The van der Waals surface area contributed by atoms with Gasteiger partial charge in [0.05, 0.1) is 12.2 Å². The smallest absolute Gasteiger partial charge is 0.251 e. The van der Waals surface area contributed by atoms with Gasteiger partial charge in [0.25, 0.3) is 5.91 Å². The van der Waals surface area contributed by atoms with Gasteiger partial charge in [-0.25, -0.2) is 9.97 Å². The number of rotatable bonds is 9. The first-order chi connectivity index (χ1) is 17.1. The fraction of sp³-hybridized carbons (Fsp3) is 0.111. The van der Waals surface area contributed by atoms with E-state index in [4.69, 9.17) is 4.74 Å². The molecular weight excluding hydrogens is 442 g/mol. The minimum Gasteiger partial charge on any atom is -0.492 e. The quantitative estimate of drug-likeness (QED) is 0.309. The first-order valence-electron chi connectivity index (χ1n) is 11.1. The van der Waals surface area contributed by atoms with Gasteiger partial charge in [-0.1, -0.05) is 36.4 Å². The summed E-state index contributed by atoms with van der Waals surface area (Å²) >= 11 is 0. The number of nitrogens with zero attached hydrogens (tertiary/aromatic N) is 2. The fourth-order valence-electron chi connectivity index (χ4n) is 3.33. The summed E-state index contributed by atoms with van der Waals surface area (Å²) in [5.74, 6) is 0.850. The molecule has 0 aliphatic heterocycles. The normalized spacial score (nSPS) is 10.3. The number of aromatic nitrogens is 2. The molecule has 8 nitrogen and oxygen atoms in total. The monoisotopic (exact) mass is 467 g/mol. The molecule has 8 heteroatoms. The van der Waals surface area contributed by atoms with Crippen LogP contribution in [0.4, 0.5) is 17.3 Å². The van der Waals surface area contributed by atoms with Gasteiger partial charge in [0.2, 0.25) is 11.9 Å². The third-order valence-electron chi connectivity index (χ3n) is 4.94. The largest absolute Gasteiger partial charge is 0.492 e. The van der Waals surface area contributed by atoms with Gasteiger partial charge >= 0.3 is 0 Å². The summed E-state index contributed by atoms with van der Waals surface area (Å²) in [6, 6.07) is 25.8. The predicted molar refractivity (Wildman–Crippen MR) is 136 cm³/mol. The minimum absolute atomic E-state index is 0.122. The minimum atomic E-state index is -0.195. The van der Waals surface area contributed by atoms with E-state index in [0.717, 1.165) is 22.7 Å². The van der Waals surface area contributed by atoms with E-state index in [1.54, 1.807) is 30.5 Å². The van der Waals surface area contributed by atoms with Crippen molar-refractivity contribution in [2.75, 3.05) is 23.8 Å². The summed E-state index contributed by atoms with van der Waals surface area (Å²) < 4.78 is 5.60. The third kappa shape index (κ3) is 6.88. The molecule has 176 valence electrons. The maximum absolute atomic E-state index is 12.5. The van der Waals surface area contributed by atoms with Crippen LogP contribution in [0.5, 0.6) is 5.75 Å². The number of nitrogens with one attached hydrogen (secondary N) is 3. The number of ether oxygens (including phenoxy) is 1. The van der Waals surface area contributed by atoms with Crippen molar-refractivity contribution in [3.8, 4) is 17.0 Å². The van der Waals surface area contributed by atoms with Crippen molar-refractivity contribution in [2.24, 2.45) is 0 Å². The lowest BCUT2D eigenvalue weighted by molar-refractivity contribution is -0.114. The van der Waals surface area contributed by atoms with Crippen molar-refractivity contribution < 1.29 is 14.3 Å². The van der Waals surface area contributed by atoms with Crippen molar-refractivity contribution in [1.29, 1.82) is 0 Å².